The highest BCUT2D eigenvalue weighted by atomic mass is 127. The highest BCUT2D eigenvalue weighted by Crippen LogP contribution is 2.15. The molecule has 0 aliphatic carbocycles. The minimum absolute atomic E-state index is 0. The van der Waals surface area contributed by atoms with Crippen LogP contribution in [0, 0.1) is 11.6 Å². The lowest BCUT2D eigenvalue weighted by atomic mass is 10.1. The van der Waals surface area contributed by atoms with Gasteiger partial charge in [-0.15, -0.1) is 24.0 Å². The molecule has 22 heavy (non-hydrogen) atoms. The molecular weight excluding hydrogens is 403 g/mol. The summed E-state index contributed by atoms with van der Waals surface area (Å²) in [5.41, 5.74) is -0.0953. The van der Waals surface area contributed by atoms with Gasteiger partial charge in [0.1, 0.15) is 12.4 Å². The summed E-state index contributed by atoms with van der Waals surface area (Å²) < 4.78 is 31.1. The Morgan fingerprint density at radius 3 is 2.45 bits per heavy atom. The van der Waals surface area contributed by atoms with Gasteiger partial charge in [0, 0.05) is 18.2 Å². The van der Waals surface area contributed by atoms with Gasteiger partial charge in [-0.3, -0.25) is 0 Å². The first kappa shape index (κ1) is 20.9. The summed E-state index contributed by atoms with van der Waals surface area (Å²) in [5, 5.41) is 6.37. The summed E-state index contributed by atoms with van der Waals surface area (Å²) in [4.78, 5) is 4.36. The van der Waals surface area contributed by atoms with Crippen LogP contribution in [0.2, 0.25) is 0 Å². The third kappa shape index (κ3) is 8.35. The smallest absolute Gasteiger partial charge is 0.191 e. The molecule has 0 fully saturated rings. The average Bonchev–Trinajstić information content (AvgIpc) is 2.37. The van der Waals surface area contributed by atoms with E-state index in [1.165, 1.54) is 6.07 Å². The molecule has 7 heteroatoms. The molecule has 0 saturated carbocycles. The summed E-state index contributed by atoms with van der Waals surface area (Å²) in [6.45, 7) is 9.55. The standard InChI is InChI=1S/C15H23F2N3O.HI/c1-5-18-14(20-15(2,3)4)19-8-9-21-11-6-7-12(16)13(17)10-11;/h6-7,10H,5,8-9H2,1-4H3,(H2,18,19,20);1H. The first-order valence-corrected chi connectivity index (χ1v) is 6.96. The number of hydrogen-bond donors (Lipinski definition) is 2. The van der Waals surface area contributed by atoms with E-state index < -0.39 is 11.6 Å². The van der Waals surface area contributed by atoms with Crippen molar-refractivity contribution in [3.63, 3.8) is 0 Å². The largest absolute Gasteiger partial charge is 0.492 e. The van der Waals surface area contributed by atoms with Crippen molar-refractivity contribution in [2.45, 2.75) is 33.2 Å². The summed E-state index contributed by atoms with van der Waals surface area (Å²) in [5.74, 6) is -0.820. The summed E-state index contributed by atoms with van der Waals surface area (Å²) >= 11 is 0. The maximum absolute atomic E-state index is 13.0. The van der Waals surface area contributed by atoms with Gasteiger partial charge in [-0.25, -0.2) is 13.8 Å². The molecule has 0 aliphatic heterocycles. The molecule has 4 nitrogen and oxygen atoms in total. The lowest BCUT2D eigenvalue weighted by Crippen LogP contribution is -2.47. The number of guanidine groups is 1. The normalized spacial score (nSPS) is 11.6. The molecule has 0 spiro atoms. The molecular formula is C15H24F2IN3O. The Hall–Kier alpha value is -1.12. The van der Waals surface area contributed by atoms with Crippen LogP contribution in [0.4, 0.5) is 8.78 Å². The van der Waals surface area contributed by atoms with Crippen molar-refractivity contribution in [2.75, 3.05) is 19.7 Å². The highest BCUT2D eigenvalue weighted by Gasteiger charge is 2.11. The van der Waals surface area contributed by atoms with Crippen LogP contribution in [-0.2, 0) is 0 Å². The lowest BCUT2D eigenvalue weighted by Gasteiger charge is -2.23. The SMILES string of the molecule is CCNC(=NCCOc1ccc(F)c(F)c1)NC(C)(C)C.I. The number of aliphatic imine (C=N–C) groups is 1. The molecule has 1 rings (SSSR count). The van der Waals surface area contributed by atoms with Gasteiger partial charge < -0.3 is 15.4 Å². The molecule has 0 bridgehead atoms. The van der Waals surface area contributed by atoms with Crippen molar-refractivity contribution >= 4 is 29.9 Å². The van der Waals surface area contributed by atoms with Gasteiger partial charge in [-0.05, 0) is 39.8 Å². The second kappa shape index (κ2) is 9.81. The second-order valence-corrected chi connectivity index (χ2v) is 5.56. The van der Waals surface area contributed by atoms with Gasteiger partial charge in [0.05, 0.1) is 6.54 Å². The Bertz CT molecular complexity index is 490. The number of rotatable bonds is 5. The zero-order chi connectivity index (χ0) is 15.9. The van der Waals surface area contributed by atoms with Crippen LogP contribution in [-0.4, -0.2) is 31.2 Å². The molecule has 0 saturated heterocycles. The summed E-state index contributed by atoms with van der Waals surface area (Å²) in [7, 11) is 0. The van der Waals surface area contributed by atoms with Crippen LogP contribution in [0.3, 0.4) is 0 Å². The number of nitrogens with zero attached hydrogens (tertiary/aromatic N) is 1. The number of hydrogen-bond acceptors (Lipinski definition) is 2. The van der Waals surface area contributed by atoms with Crippen LogP contribution < -0.4 is 15.4 Å². The third-order valence-electron chi connectivity index (χ3n) is 2.36. The van der Waals surface area contributed by atoms with Crippen LogP contribution in [0.5, 0.6) is 5.75 Å². The van der Waals surface area contributed by atoms with Gasteiger partial charge in [0.2, 0.25) is 0 Å². The minimum atomic E-state index is -0.918. The Kier molecular flexibility index (Phi) is 9.31. The number of halogens is 3. The molecule has 0 amide bonds. The second-order valence-electron chi connectivity index (χ2n) is 5.56. The summed E-state index contributed by atoms with van der Waals surface area (Å²) in [6.07, 6.45) is 0. The van der Waals surface area contributed by atoms with Crippen molar-refractivity contribution in [1.82, 2.24) is 10.6 Å². The van der Waals surface area contributed by atoms with Gasteiger partial charge in [-0.1, -0.05) is 0 Å². The van der Waals surface area contributed by atoms with Crippen LogP contribution in [0.25, 0.3) is 0 Å². The number of benzene rings is 1. The monoisotopic (exact) mass is 427 g/mol. The average molecular weight is 427 g/mol. The Morgan fingerprint density at radius 1 is 1.23 bits per heavy atom. The fourth-order valence-electron chi connectivity index (χ4n) is 1.55. The van der Waals surface area contributed by atoms with Crippen LogP contribution in [0.1, 0.15) is 27.7 Å². The minimum Gasteiger partial charge on any atom is -0.492 e. The Labute approximate surface area is 147 Å². The van der Waals surface area contributed by atoms with E-state index in [0.29, 0.717) is 12.5 Å². The zero-order valence-electron chi connectivity index (χ0n) is 13.4. The summed E-state index contributed by atoms with van der Waals surface area (Å²) in [6, 6.07) is 3.46. The molecule has 0 atom stereocenters. The van der Waals surface area contributed by atoms with Crippen molar-refractivity contribution in [3.05, 3.63) is 29.8 Å². The Morgan fingerprint density at radius 2 is 1.91 bits per heavy atom. The molecule has 0 aromatic heterocycles. The van der Waals surface area contributed by atoms with E-state index in [2.05, 4.69) is 15.6 Å². The molecule has 0 aliphatic rings. The van der Waals surface area contributed by atoms with Gasteiger partial charge in [0.15, 0.2) is 17.6 Å². The van der Waals surface area contributed by atoms with Gasteiger partial charge in [-0.2, -0.15) is 0 Å². The van der Waals surface area contributed by atoms with Crippen LogP contribution >= 0.6 is 24.0 Å². The fraction of sp³-hybridized carbons (Fsp3) is 0.533. The maximum atomic E-state index is 13.0. The molecule has 126 valence electrons. The predicted molar refractivity (Wildman–Crippen MR) is 96.1 cm³/mol. The first-order valence-electron chi connectivity index (χ1n) is 6.96. The van der Waals surface area contributed by atoms with E-state index in [0.717, 1.165) is 18.7 Å². The molecule has 1 aromatic carbocycles. The molecule has 1 aromatic rings. The number of ether oxygens (including phenoxy) is 1. The molecule has 0 radical (unpaired) electrons. The van der Waals surface area contributed by atoms with E-state index in [1.807, 2.05) is 27.7 Å². The number of nitrogens with one attached hydrogen (secondary N) is 2. The fourth-order valence-corrected chi connectivity index (χ4v) is 1.55. The van der Waals surface area contributed by atoms with E-state index >= 15 is 0 Å². The first-order chi connectivity index (χ1) is 9.81. The quantitative estimate of drug-likeness (QED) is 0.328. The van der Waals surface area contributed by atoms with Crippen molar-refractivity contribution in [1.29, 1.82) is 0 Å². The third-order valence-corrected chi connectivity index (χ3v) is 2.36. The van der Waals surface area contributed by atoms with Crippen LogP contribution in [0.15, 0.2) is 23.2 Å². The van der Waals surface area contributed by atoms with Crippen molar-refractivity contribution in [3.8, 4) is 5.75 Å². The maximum Gasteiger partial charge on any atom is 0.191 e. The lowest BCUT2D eigenvalue weighted by molar-refractivity contribution is 0.324. The van der Waals surface area contributed by atoms with Crippen molar-refractivity contribution in [2.24, 2.45) is 4.99 Å². The predicted octanol–water partition coefficient (Wildman–Crippen LogP) is 3.32. The van der Waals surface area contributed by atoms with E-state index in [4.69, 9.17) is 4.74 Å². The van der Waals surface area contributed by atoms with Gasteiger partial charge in [0.25, 0.3) is 0 Å². The van der Waals surface area contributed by atoms with Crippen molar-refractivity contribution < 1.29 is 13.5 Å². The topological polar surface area (TPSA) is 45.7 Å². The zero-order valence-corrected chi connectivity index (χ0v) is 15.7. The van der Waals surface area contributed by atoms with Gasteiger partial charge >= 0.3 is 0 Å². The Balaban J connectivity index is 0.00000441. The van der Waals surface area contributed by atoms with E-state index in [9.17, 15) is 8.78 Å². The highest BCUT2D eigenvalue weighted by molar-refractivity contribution is 14.0. The molecule has 2 N–H and O–H groups in total. The molecule has 0 unspecified atom stereocenters. The van der Waals surface area contributed by atoms with E-state index in [-0.39, 0.29) is 41.9 Å². The van der Waals surface area contributed by atoms with E-state index in [1.54, 1.807) is 0 Å². The molecule has 0 heterocycles.